The molecular formula is C27H28N2O4S. The van der Waals surface area contributed by atoms with Crippen molar-refractivity contribution in [1.82, 2.24) is 4.31 Å². The molecule has 1 amide bonds. The van der Waals surface area contributed by atoms with Crippen molar-refractivity contribution >= 4 is 27.4 Å². The lowest BCUT2D eigenvalue weighted by Gasteiger charge is -2.31. The molecule has 0 aromatic heterocycles. The first-order valence-corrected chi connectivity index (χ1v) is 12.8. The molecule has 1 atom stereocenters. The lowest BCUT2D eigenvalue weighted by Crippen LogP contribution is -2.43. The average Bonchev–Trinajstić information content (AvgIpc) is 2.85. The molecule has 1 heterocycles. The second-order valence-electron chi connectivity index (χ2n) is 8.75. The molecule has 0 bridgehead atoms. The van der Waals surface area contributed by atoms with E-state index in [1.165, 1.54) is 4.31 Å². The quantitative estimate of drug-likeness (QED) is 0.528. The number of carbonyl (C=O) groups excluding carboxylic acids is 2. The first kappa shape index (κ1) is 23.9. The van der Waals surface area contributed by atoms with Crippen LogP contribution in [0.3, 0.4) is 0 Å². The Hall–Kier alpha value is -3.29. The number of carbonyl (C=O) groups is 2. The summed E-state index contributed by atoms with van der Waals surface area (Å²) in [5.41, 5.74) is 3.28. The van der Waals surface area contributed by atoms with E-state index in [0.29, 0.717) is 36.2 Å². The predicted octanol–water partition coefficient (Wildman–Crippen LogP) is 4.57. The van der Waals surface area contributed by atoms with Crippen LogP contribution in [0.5, 0.6) is 0 Å². The number of nitrogens with one attached hydrogen (secondary N) is 1. The van der Waals surface area contributed by atoms with Gasteiger partial charge in [0.1, 0.15) is 0 Å². The summed E-state index contributed by atoms with van der Waals surface area (Å²) in [7, 11) is -3.68. The highest BCUT2D eigenvalue weighted by Crippen LogP contribution is 2.27. The zero-order valence-electron chi connectivity index (χ0n) is 19.3. The first-order valence-electron chi connectivity index (χ1n) is 11.3. The Morgan fingerprint density at radius 1 is 0.912 bits per heavy atom. The molecule has 4 rings (SSSR count). The summed E-state index contributed by atoms with van der Waals surface area (Å²) in [5.74, 6) is -0.962. The number of benzene rings is 3. The molecule has 0 spiro atoms. The van der Waals surface area contributed by atoms with Crippen molar-refractivity contribution < 1.29 is 18.0 Å². The Labute approximate surface area is 200 Å². The van der Waals surface area contributed by atoms with Gasteiger partial charge < -0.3 is 5.32 Å². The SMILES string of the molecule is Cc1ccc(S(=O)(=O)N2CCCC(C(=O)Nc3ccc(C)cc3C(=O)c3ccccc3)C2)cc1. The number of anilines is 1. The van der Waals surface area contributed by atoms with Crippen LogP contribution in [0, 0.1) is 19.8 Å². The highest BCUT2D eigenvalue weighted by Gasteiger charge is 2.33. The predicted molar refractivity (Wildman–Crippen MR) is 132 cm³/mol. The number of ketones is 1. The molecule has 1 aliphatic heterocycles. The molecule has 1 aliphatic rings. The van der Waals surface area contributed by atoms with E-state index in [1.54, 1.807) is 60.7 Å². The standard InChI is InChI=1S/C27H28N2O4S/c1-19-10-13-23(14-11-19)34(32,33)29-16-6-9-22(18-29)27(31)28-25-15-12-20(2)17-24(25)26(30)21-7-4-3-5-8-21/h3-5,7-8,10-15,17,22H,6,9,16,18H2,1-2H3,(H,28,31). The molecule has 1 N–H and O–H groups in total. The van der Waals surface area contributed by atoms with Gasteiger partial charge in [-0.2, -0.15) is 4.31 Å². The minimum atomic E-state index is -3.68. The highest BCUT2D eigenvalue weighted by atomic mass is 32.2. The number of hydrogen-bond acceptors (Lipinski definition) is 4. The molecule has 34 heavy (non-hydrogen) atoms. The monoisotopic (exact) mass is 476 g/mol. The van der Waals surface area contributed by atoms with E-state index in [1.807, 2.05) is 26.0 Å². The van der Waals surface area contributed by atoms with Crippen LogP contribution < -0.4 is 5.32 Å². The third-order valence-corrected chi connectivity index (χ3v) is 8.01. The number of rotatable bonds is 6. The van der Waals surface area contributed by atoms with Gasteiger partial charge in [-0.3, -0.25) is 9.59 Å². The third-order valence-electron chi connectivity index (χ3n) is 6.13. The number of nitrogens with zero attached hydrogens (tertiary/aromatic N) is 1. The summed E-state index contributed by atoms with van der Waals surface area (Å²) in [6, 6.07) is 21.0. The Bertz CT molecular complexity index is 1300. The Kier molecular flexibility index (Phi) is 6.95. The van der Waals surface area contributed by atoms with Crippen LogP contribution in [-0.2, 0) is 14.8 Å². The van der Waals surface area contributed by atoms with Crippen LogP contribution in [0.15, 0.2) is 77.7 Å². The van der Waals surface area contributed by atoms with E-state index in [0.717, 1.165) is 11.1 Å². The second kappa shape index (κ2) is 9.91. The van der Waals surface area contributed by atoms with Gasteiger partial charge in [-0.1, -0.05) is 59.7 Å². The molecule has 3 aromatic carbocycles. The zero-order valence-corrected chi connectivity index (χ0v) is 20.1. The average molecular weight is 477 g/mol. The van der Waals surface area contributed by atoms with Crippen molar-refractivity contribution in [2.45, 2.75) is 31.6 Å². The fourth-order valence-corrected chi connectivity index (χ4v) is 5.69. The molecule has 1 unspecified atom stereocenters. The largest absolute Gasteiger partial charge is 0.325 e. The summed E-state index contributed by atoms with van der Waals surface area (Å²) in [5, 5.41) is 2.90. The Balaban J connectivity index is 1.53. The molecule has 0 saturated carbocycles. The van der Waals surface area contributed by atoms with Crippen molar-refractivity contribution in [3.63, 3.8) is 0 Å². The maximum Gasteiger partial charge on any atom is 0.243 e. The number of amides is 1. The van der Waals surface area contributed by atoms with Crippen LogP contribution in [0.4, 0.5) is 5.69 Å². The Morgan fingerprint density at radius 3 is 2.29 bits per heavy atom. The molecule has 1 saturated heterocycles. The number of piperidine rings is 1. The molecular weight excluding hydrogens is 448 g/mol. The molecule has 176 valence electrons. The smallest absolute Gasteiger partial charge is 0.243 e. The summed E-state index contributed by atoms with van der Waals surface area (Å²) < 4.78 is 27.6. The molecule has 7 heteroatoms. The van der Waals surface area contributed by atoms with Gasteiger partial charge in [0.15, 0.2) is 5.78 Å². The minimum Gasteiger partial charge on any atom is -0.325 e. The normalized spacial score (nSPS) is 16.7. The van der Waals surface area contributed by atoms with Crippen molar-refractivity contribution in [1.29, 1.82) is 0 Å². The van der Waals surface area contributed by atoms with Crippen LogP contribution >= 0.6 is 0 Å². The molecule has 0 aliphatic carbocycles. The lowest BCUT2D eigenvalue weighted by molar-refractivity contribution is -0.120. The fourth-order valence-electron chi connectivity index (χ4n) is 4.17. The van der Waals surface area contributed by atoms with Gasteiger partial charge in [0.05, 0.1) is 16.5 Å². The Morgan fingerprint density at radius 2 is 1.59 bits per heavy atom. The van der Waals surface area contributed by atoms with E-state index in [4.69, 9.17) is 0 Å². The van der Waals surface area contributed by atoms with Gasteiger partial charge in [0, 0.05) is 24.2 Å². The fraction of sp³-hybridized carbons (Fsp3) is 0.259. The number of sulfonamides is 1. The van der Waals surface area contributed by atoms with Gasteiger partial charge in [0.2, 0.25) is 15.9 Å². The summed E-state index contributed by atoms with van der Waals surface area (Å²) >= 11 is 0. The topological polar surface area (TPSA) is 83.6 Å². The number of hydrogen-bond donors (Lipinski definition) is 1. The van der Waals surface area contributed by atoms with Gasteiger partial charge in [-0.15, -0.1) is 0 Å². The van der Waals surface area contributed by atoms with E-state index in [9.17, 15) is 18.0 Å². The minimum absolute atomic E-state index is 0.107. The van der Waals surface area contributed by atoms with Gasteiger partial charge >= 0.3 is 0 Å². The van der Waals surface area contributed by atoms with Crippen molar-refractivity contribution in [3.8, 4) is 0 Å². The molecule has 1 fully saturated rings. The summed E-state index contributed by atoms with van der Waals surface area (Å²) in [6.07, 6.45) is 1.17. The highest BCUT2D eigenvalue weighted by molar-refractivity contribution is 7.89. The van der Waals surface area contributed by atoms with Gasteiger partial charge in [-0.25, -0.2) is 8.42 Å². The van der Waals surface area contributed by atoms with Crippen LogP contribution in [0.25, 0.3) is 0 Å². The van der Waals surface area contributed by atoms with E-state index >= 15 is 0 Å². The van der Waals surface area contributed by atoms with Gasteiger partial charge in [0.25, 0.3) is 0 Å². The van der Waals surface area contributed by atoms with Crippen molar-refractivity contribution in [3.05, 3.63) is 95.1 Å². The number of aryl methyl sites for hydroxylation is 2. The third kappa shape index (κ3) is 5.11. The van der Waals surface area contributed by atoms with Gasteiger partial charge in [-0.05, 0) is 51.0 Å². The van der Waals surface area contributed by atoms with Crippen LogP contribution in [0.2, 0.25) is 0 Å². The summed E-state index contributed by atoms with van der Waals surface area (Å²) in [6.45, 7) is 4.28. The lowest BCUT2D eigenvalue weighted by atomic mass is 9.97. The van der Waals surface area contributed by atoms with Crippen LogP contribution in [-0.4, -0.2) is 37.5 Å². The maximum absolute atomic E-state index is 13.2. The van der Waals surface area contributed by atoms with Crippen molar-refractivity contribution in [2.24, 2.45) is 5.92 Å². The van der Waals surface area contributed by atoms with Crippen molar-refractivity contribution in [2.75, 3.05) is 18.4 Å². The van der Waals surface area contributed by atoms with Crippen LogP contribution in [0.1, 0.15) is 39.9 Å². The first-order chi connectivity index (χ1) is 16.3. The van der Waals surface area contributed by atoms with E-state index in [-0.39, 0.29) is 23.1 Å². The summed E-state index contributed by atoms with van der Waals surface area (Å²) in [4.78, 5) is 26.5. The van der Waals surface area contributed by atoms with E-state index < -0.39 is 15.9 Å². The van der Waals surface area contributed by atoms with E-state index in [2.05, 4.69) is 5.32 Å². The molecule has 3 aromatic rings. The zero-order chi connectivity index (χ0) is 24.3. The maximum atomic E-state index is 13.2. The molecule has 6 nitrogen and oxygen atoms in total. The molecule has 0 radical (unpaired) electrons. The second-order valence-corrected chi connectivity index (χ2v) is 10.7.